The molecule has 5 heteroatoms. The molecule has 5 nitrogen and oxygen atoms in total. The van der Waals surface area contributed by atoms with Crippen LogP contribution in [0, 0.1) is 0 Å². The van der Waals surface area contributed by atoms with Crippen LogP contribution < -0.4 is 0 Å². The number of amides is 1. The Morgan fingerprint density at radius 2 is 1.48 bits per heavy atom. The quantitative estimate of drug-likeness (QED) is 0.546. The first-order valence-corrected chi connectivity index (χ1v) is 10.6. The van der Waals surface area contributed by atoms with Crippen molar-refractivity contribution in [1.29, 1.82) is 0 Å². The van der Waals surface area contributed by atoms with Crippen LogP contribution in [0.2, 0.25) is 0 Å². The molecule has 3 aromatic rings. The van der Waals surface area contributed by atoms with E-state index in [0.717, 1.165) is 11.1 Å². The molecule has 3 aromatic carbocycles. The molecule has 1 amide bonds. The Morgan fingerprint density at radius 1 is 0.871 bits per heavy atom. The first-order valence-electron chi connectivity index (χ1n) is 10.6. The fourth-order valence-electron chi connectivity index (χ4n) is 3.55. The summed E-state index contributed by atoms with van der Waals surface area (Å²) in [6, 6.07) is 27.9. The minimum atomic E-state index is -0.00136. The van der Waals surface area contributed by atoms with Gasteiger partial charge in [-0.05, 0) is 28.8 Å². The maximum atomic E-state index is 13.4. The summed E-state index contributed by atoms with van der Waals surface area (Å²) in [6.07, 6.45) is 1.85. The Balaban J connectivity index is 1.45. The van der Waals surface area contributed by atoms with E-state index in [9.17, 15) is 4.79 Å². The van der Waals surface area contributed by atoms with Crippen LogP contribution in [0.1, 0.15) is 27.0 Å². The van der Waals surface area contributed by atoms with Crippen LogP contribution in [-0.4, -0.2) is 48.4 Å². The molecule has 0 bridgehead atoms. The second-order valence-electron chi connectivity index (χ2n) is 7.49. The van der Waals surface area contributed by atoms with Crippen molar-refractivity contribution in [1.82, 2.24) is 10.0 Å². The molecular weight excluding hydrogens is 386 g/mol. The van der Waals surface area contributed by atoms with Gasteiger partial charge in [0.1, 0.15) is 0 Å². The van der Waals surface area contributed by atoms with Crippen molar-refractivity contribution in [2.24, 2.45) is 4.99 Å². The largest absolute Gasteiger partial charge is 0.379 e. The normalized spacial score (nSPS) is 14.6. The number of carbonyl (C=O) groups is 1. The van der Waals surface area contributed by atoms with Gasteiger partial charge in [0.2, 0.25) is 0 Å². The highest BCUT2D eigenvalue weighted by Crippen LogP contribution is 2.15. The zero-order valence-electron chi connectivity index (χ0n) is 17.6. The van der Waals surface area contributed by atoms with E-state index >= 15 is 0 Å². The summed E-state index contributed by atoms with van der Waals surface area (Å²) < 4.78 is 5.48. The molecule has 1 saturated heterocycles. The predicted octanol–water partition coefficient (Wildman–Crippen LogP) is 4.20. The summed E-state index contributed by atoms with van der Waals surface area (Å²) >= 11 is 0. The fourth-order valence-corrected chi connectivity index (χ4v) is 3.55. The average molecular weight is 414 g/mol. The molecule has 0 atom stereocenters. The second kappa shape index (κ2) is 10.7. The Labute approximate surface area is 183 Å². The van der Waals surface area contributed by atoms with Crippen LogP contribution in [0.5, 0.6) is 0 Å². The van der Waals surface area contributed by atoms with Crippen molar-refractivity contribution in [3.8, 4) is 0 Å². The van der Waals surface area contributed by atoms with Crippen molar-refractivity contribution >= 4 is 12.1 Å². The predicted molar refractivity (Wildman–Crippen MR) is 123 cm³/mol. The van der Waals surface area contributed by atoms with E-state index in [-0.39, 0.29) is 5.91 Å². The Bertz CT molecular complexity index is 982. The van der Waals surface area contributed by atoms with Crippen molar-refractivity contribution in [2.75, 3.05) is 26.3 Å². The first-order chi connectivity index (χ1) is 15.3. The molecule has 0 saturated carbocycles. The number of benzene rings is 3. The lowest BCUT2D eigenvalue weighted by atomic mass is 10.1. The maximum absolute atomic E-state index is 13.4. The third kappa shape index (κ3) is 5.87. The smallest absolute Gasteiger partial charge is 0.268 e. The van der Waals surface area contributed by atoms with Gasteiger partial charge in [0.15, 0.2) is 0 Å². The van der Waals surface area contributed by atoms with Gasteiger partial charge >= 0.3 is 0 Å². The zero-order chi connectivity index (χ0) is 21.3. The number of hydrogen-bond donors (Lipinski definition) is 0. The van der Waals surface area contributed by atoms with Gasteiger partial charge < -0.3 is 4.74 Å². The first kappa shape index (κ1) is 21.0. The molecule has 1 heterocycles. The van der Waals surface area contributed by atoms with Crippen LogP contribution in [0.25, 0.3) is 0 Å². The highest BCUT2D eigenvalue weighted by atomic mass is 16.5. The summed E-state index contributed by atoms with van der Waals surface area (Å²) in [5.41, 5.74) is 3.93. The lowest BCUT2D eigenvalue weighted by Gasteiger charge is -2.37. The molecule has 0 unspecified atom stereocenters. The number of aliphatic imine (C=N–C) groups is 1. The molecule has 31 heavy (non-hydrogen) atoms. The number of rotatable bonds is 7. The maximum Gasteiger partial charge on any atom is 0.268 e. The van der Waals surface area contributed by atoms with Crippen LogP contribution in [0.4, 0.5) is 0 Å². The van der Waals surface area contributed by atoms with E-state index in [1.807, 2.05) is 84.0 Å². The van der Waals surface area contributed by atoms with E-state index in [0.29, 0.717) is 45.0 Å². The molecule has 0 N–H and O–H groups in total. The van der Waals surface area contributed by atoms with Gasteiger partial charge in [-0.1, -0.05) is 72.8 Å². The monoisotopic (exact) mass is 413 g/mol. The summed E-state index contributed by atoms with van der Waals surface area (Å²) in [4.78, 5) is 17.9. The van der Waals surface area contributed by atoms with Crippen LogP contribution in [0.15, 0.2) is 89.9 Å². The molecule has 158 valence electrons. The minimum Gasteiger partial charge on any atom is -0.379 e. The topological polar surface area (TPSA) is 45.1 Å². The Hall–Kier alpha value is -3.28. The molecular formula is C26H27N3O2. The molecule has 1 aliphatic heterocycles. The highest BCUT2D eigenvalue weighted by molar-refractivity contribution is 5.94. The summed E-state index contributed by atoms with van der Waals surface area (Å²) in [5.74, 6) is -0.00136. The average Bonchev–Trinajstić information content (AvgIpc) is 2.84. The summed E-state index contributed by atoms with van der Waals surface area (Å²) in [5, 5.41) is 3.93. The molecule has 1 fully saturated rings. The highest BCUT2D eigenvalue weighted by Gasteiger charge is 2.24. The van der Waals surface area contributed by atoms with Gasteiger partial charge in [-0.3, -0.25) is 14.8 Å². The SMILES string of the molecule is O=C(c1ccc(C=NCc2ccccc2)cc1)N(Cc1ccccc1)N1CCOCC1. The second-order valence-corrected chi connectivity index (χ2v) is 7.49. The van der Waals surface area contributed by atoms with Crippen LogP contribution in [0.3, 0.4) is 0 Å². The Morgan fingerprint density at radius 3 is 2.13 bits per heavy atom. The Kier molecular flexibility index (Phi) is 7.21. The van der Waals surface area contributed by atoms with Gasteiger partial charge in [-0.2, -0.15) is 0 Å². The molecule has 0 aliphatic carbocycles. The van der Waals surface area contributed by atoms with Gasteiger partial charge in [0, 0.05) is 24.9 Å². The van der Waals surface area contributed by atoms with E-state index < -0.39 is 0 Å². The van der Waals surface area contributed by atoms with Crippen molar-refractivity contribution in [3.63, 3.8) is 0 Å². The van der Waals surface area contributed by atoms with Crippen molar-refractivity contribution in [3.05, 3.63) is 107 Å². The minimum absolute atomic E-state index is 0.00136. The molecule has 0 radical (unpaired) electrons. The summed E-state index contributed by atoms with van der Waals surface area (Å²) in [7, 11) is 0. The molecule has 4 rings (SSSR count). The molecule has 1 aliphatic rings. The van der Waals surface area contributed by atoms with E-state index in [2.05, 4.69) is 22.1 Å². The van der Waals surface area contributed by atoms with Gasteiger partial charge in [0.25, 0.3) is 5.91 Å². The van der Waals surface area contributed by atoms with Crippen LogP contribution >= 0.6 is 0 Å². The van der Waals surface area contributed by atoms with E-state index in [1.165, 1.54) is 5.56 Å². The number of hydrogen-bond acceptors (Lipinski definition) is 4. The van der Waals surface area contributed by atoms with Crippen molar-refractivity contribution < 1.29 is 9.53 Å². The van der Waals surface area contributed by atoms with E-state index in [4.69, 9.17) is 4.74 Å². The number of hydrazine groups is 1. The third-order valence-corrected chi connectivity index (χ3v) is 5.25. The lowest BCUT2D eigenvalue weighted by Crippen LogP contribution is -2.51. The zero-order valence-corrected chi connectivity index (χ0v) is 17.6. The molecule has 0 spiro atoms. The van der Waals surface area contributed by atoms with Crippen molar-refractivity contribution in [2.45, 2.75) is 13.1 Å². The summed E-state index contributed by atoms with van der Waals surface area (Å²) in [6.45, 7) is 3.87. The third-order valence-electron chi connectivity index (χ3n) is 5.25. The lowest BCUT2D eigenvalue weighted by molar-refractivity contribution is -0.0739. The number of carbonyl (C=O) groups excluding carboxylic acids is 1. The van der Waals surface area contributed by atoms with Crippen LogP contribution in [-0.2, 0) is 17.8 Å². The fraction of sp³-hybridized carbons (Fsp3) is 0.231. The standard InChI is InChI=1S/C26H27N3O2/c30-26(29(28-15-17-31-18-16-28)21-24-9-5-2-6-10-24)25-13-11-23(12-14-25)20-27-19-22-7-3-1-4-8-22/h1-14,20H,15-19,21H2. The number of morpholine rings is 1. The van der Waals surface area contributed by atoms with Gasteiger partial charge in [-0.15, -0.1) is 0 Å². The molecule has 0 aromatic heterocycles. The van der Waals surface area contributed by atoms with Gasteiger partial charge in [0.05, 0.1) is 26.3 Å². The van der Waals surface area contributed by atoms with Gasteiger partial charge in [-0.25, -0.2) is 5.01 Å². The number of nitrogens with zero attached hydrogens (tertiary/aromatic N) is 3. The number of ether oxygens (including phenoxy) is 1. The van der Waals surface area contributed by atoms with E-state index in [1.54, 1.807) is 0 Å².